The zero-order chi connectivity index (χ0) is 10.7. The highest BCUT2D eigenvalue weighted by molar-refractivity contribution is 5.98. The maximum atomic E-state index is 8.51. The molecule has 3 heteroatoms. The predicted octanol–water partition coefficient (Wildman–Crippen LogP) is 3.03. The lowest BCUT2D eigenvalue weighted by molar-refractivity contribution is 0.319. The summed E-state index contributed by atoms with van der Waals surface area (Å²) in [5.74, 6) is 0. The van der Waals surface area contributed by atoms with Gasteiger partial charge in [0.1, 0.15) is 0 Å². The predicted molar refractivity (Wildman–Crippen MR) is 62.2 cm³/mol. The summed E-state index contributed by atoms with van der Waals surface area (Å²) in [6.45, 7) is 1.74. The second kappa shape index (κ2) is 4.00. The molecule has 1 aromatic heterocycles. The Bertz CT molecular complexity index is 523. The molecule has 0 aliphatic heterocycles. The van der Waals surface area contributed by atoms with E-state index in [2.05, 4.69) is 16.2 Å². The molecule has 2 aromatic rings. The average molecular weight is 200 g/mol. The Morgan fingerprint density at radius 2 is 2.20 bits per heavy atom. The molecule has 3 nitrogen and oxygen atoms in total. The first-order valence-electron chi connectivity index (χ1n) is 4.74. The summed E-state index contributed by atoms with van der Waals surface area (Å²) in [5.41, 5.74) is 2.78. The first-order valence-corrected chi connectivity index (χ1v) is 4.74. The normalized spacial score (nSPS) is 12.7. The van der Waals surface area contributed by atoms with Gasteiger partial charge in [0, 0.05) is 17.1 Å². The molecule has 2 N–H and O–H groups in total. The van der Waals surface area contributed by atoms with Crippen LogP contribution in [0.5, 0.6) is 0 Å². The summed E-state index contributed by atoms with van der Waals surface area (Å²) in [6.07, 6.45) is 5.63. The van der Waals surface area contributed by atoms with Gasteiger partial charge in [0.25, 0.3) is 0 Å². The van der Waals surface area contributed by atoms with Crippen molar-refractivity contribution in [1.82, 2.24) is 4.98 Å². The number of hydrogen-bond acceptors (Lipinski definition) is 2. The number of nitrogens with one attached hydrogen (secondary N) is 1. The fourth-order valence-electron chi connectivity index (χ4n) is 1.48. The Balaban J connectivity index is 2.41. The van der Waals surface area contributed by atoms with Crippen molar-refractivity contribution in [2.24, 2.45) is 5.16 Å². The van der Waals surface area contributed by atoms with Crippen molar-refractivity contribution < 1.29 is 5.21 Å². The minimum Gasteiger partial charge on any atom is -0.411 e. The van der Waals surface area contributed by atoms with E-state index < -0.39 is 0 Å². The summed E-state index contributed by atoms with van der Waals surface area (Å²) >= 11 is 0. The first kappa shape index (κ1) is 9.52. The van der Waals surface area contributed by atoms with Gasteiger partial charge in [-0.15, -0.1) is 0 Å². The van der Waals surface area contributed by atoms with E-state index in [0.717, 1.165) is 11.1 Å². The Hall–Kier alpha value is -2.03. The molecule has 0 saturated heterocycles. The van der Waals surface area contributed by atoms with Crippen LogP contribution >= 0.6 is 0 Å². The van der Waals surface area contributed by atoms with Crippen LogP contribution in [0.25, 0.3) is 17.0 Å². The van der Waals surface area contributed by atoms with Gasteiger partial charge < -0.3 is 10.2 Å². The number of H-pyrrole nitrogens is 1. The summed E-state index contributed by atoms with van der Waals surface area (Å²) in [7, 11) is 0. The second-order valence-corrected chi connectivity index (χ2v) is 3.36. The Labute approximate surface area is 87.7 Å². The number of rotatable bonds is 2. The molecule has 2 rings (SSSR count). The fraction of sp³-hybridized carbons (Fsp3) is 0.0833. The summed E-state index contributed by atoms with van der Waals surface area (Å²) in [6, 6.07) is 8.07. The molecule has 0 unspecified atom stereocenters. The second-order valence-electron chi connectivity index (χ2n) is 3.36. The van der Waals surface area contributed by atoms with Gasteiger partial charge in [-0.05, 0) is 24.6 Å². The lowest BCUT2D eigenvalue weighted by Crippen LogP contribution is -1.81. The van der Waals surface area contributed by atoms with Gasteiger partial charge in [0.2, 0.25) is 0 Å². The molecule has 0 fully saturated rings. The molecule has 0 saturated carbocycles. The standard InChI is InChI=1S/C12H12N2O/c1-9(14-15)6-7-10-8-13-12-5-3-2-4-11(10)12/h2-8,13,15H,1H3/b7-6+,14-9-. The maximum absolute atomic E-state index is 8.51. The maximum Gasteiger partial charge on any atom is 0.0765 e. The number of oxime groups is 1. The molecule has 1 heterocycles. The van der Waals surface area contributed by atoms with Gasteiger partial charge in [-0.25, -0.2) is 0 Å². The van der Waals surface area contributed by atoms with Gasteiger partial charge in [-0.3, -0.25) is 0 Å². The summed E-state index contributed by atoms with van der Waals surface area (Å²) < 4.78 is 0. The number of allylic oxidation sites excluding steroid dienone is 1. The summed E-state index contributed by atoms with van der Waals surface area (Å²) in [5, 5.41) is 12.8. The van der Waals surface area contributed by atoms with E-state index in [1.54, 1.807) is 13.0 Å². The lowest BCUT2D eigenvalue weighted by Gasteiger charge is -1.90. The van der Waals surface area contributed by atoms with Crippen LogP contribution in [0.15, 0.2) is 41.7 Å². The van der Waals surface area contributed by atoms with Crippen LogP contribution in [0, 0.1) is 0 Å². The monoisotopic (exact) mass is 200 g/mol. The third-order valence-corrected chi connectivity index (χ3v) is 2.28. The molecule has 0 atom stereocenters. The molecule has 1 aromatic carbocycles. The van der Waals surface area contributed by atoms with E-state index in [4.69, 9.17) is 5.21 Å². The van der Waals surface area contributed by atoms with E-state index in [9.17, 15) is 0 Å². The van der Waals surface area contributed by atoms with Crippen molar-refractivity contribution in [1.29, 1.82) is 0 Å². The fourth-order valence-corrected chi connectivity index (χ4v) is 1.48. The average Bonchev–Trinajstić information content (AvgIpc) is 2.69. The zero-order valence-corrected chi connectivity index (χ0v) is 8.44. The largest absolute Gasteiger partial charge is 0.411 e. The molecule has 15 heavy (non-hydrogen) atoms. The van der Waals surface area contributed by atoms with E-state index in [-0.39, 0.29) is 0 Å². The van der Waals surface area contributed by atoms with Crippen LogP contribution in [0.3, 0.4) is 0 Å². The lowest BCUT2D eigenvalue weighted by atomic mass is 10.1. The van der Waals surface area contributed by atoms with Crippen LogP contribution in [-0.4, -0.2) is 15.9 Å². The summed E-state index contributed by atoms with van der Waals surface area (Å²) in [4.78, 5) is 3.18. The minimum absolute atomic E-state index is 0.584. The molecular formula is C12H12N2O. The van der Waals surface area contributed by atoms with Gasteiger partial charge in [-0.1, -0.05) is 29.4 Å². The number of aromatic nitrogens is 1. The molecular weight excluding hydrogens is 188 g/mol. The first-order chi connectivity index (χ1) is 7.31. The number of fused-ring (bicyclic) bond motifs is 1. The number of benzene rings is 1. The van der Waals surface area contributed by atoms with E-state index >= 15 is 0 Å². The van der Waals surface area contributed by atoms with Crippen LogP contribution in [-0.2, 0) is 0 Å². The molecule has 0 radical (unpaired) electrons. The number of nitrogens with zero attached hydrogens (tertiary/aromatic N) is 1. The Kier molecular flexibility index (Phi) is 2.54. The third-order valence-electron chi connectivity index (χ3n) is 2.28. The zero-order valence-electron chi connectivity index (χ0n) is 8.44. The van der Waals surface area contributed by atoms with Gasteiger partial charge in [-0.2, -0.15) is 0 Å². The van der Waals surface area contributed by atoms with Crippen LogP contribution in [0.2, 0.25) is 0 Å². The van der Waals surface area contributed by atoms with Crippen molar-refractivity contribution in [2.45, 2.75) is 6.92 Å². The van der Waals surface area contributed by atoms with Crippen LogP contribution in [0.4, 0.5) is 0 Å². The van der Waals surface area contributed by atoms with Crippen molar-refractivity contribution >= 4 is 22.7 Å². The highest BCUT2D eigenvalue weighted by atomic mass is 16.4. The SMILES string of the molecule is CC(/C=C/c1c[nH]c2ccccc12)=N/O. The number of para-hydroxylation sites is 1. The number of hydrogen-bond donors (Lipinski definition) is 2. The van der Waals surface area contributed by atoms with Crippen molar-refractivity contribution in [3.8, 4) is 0 Å². The van der Waals surface area contributed by atoms with E-state index in [1.807, 2.05) is 30.5 Å². The van der Waals surface area contributed by atoms with E-state index in [0.29, 0.717) is 5.71 Å². The minimum atomic E-state index is 0.584. The Morgan fingerprint density at radius 3 is 3.00 bits per heavy atom. The quantitative estimate of drug-likeness (QED) is 0.437. The third kappa shape index (κ3) is 1.91. The van der Waals surface area contributed by atoms with Gasteiger partial charge in [0.15, 0.2) is 0 Å². The van der Waals surface area contributed by atoms with Gasteiger partial charge >= 0.3 is 0 Å². The van der Waals surface area contributed by atoms with Crippen molar-refractivity contribution in [3.05, 3.63) is 42.1 Å². The molecule has 0 aliphatic rings. The number of aromatic amines is 1. The molecule has 0 spiro atoms. The highest BCUT2D eigenvalue weighted by Crippen LogP contribution is 2.18. The topological polar surface area (TPSA) is 48.4 Å². The highest BCUT2D eigenvalue weighted by Gasteiger charge is 1.98. The smallest absolute Gasteiger partial charge is 0.0765 e. The van der Waals surface area contributed by atoms with Gasteiger partial charge in [0.05, 0.1) is 5.71 Å². The van der Waals surface area contributed by atoms with Crippen LogP contribution < -0.4 is 0 Å². The molecule has 0 amide bonds. The molecule has 76 valence electrons. The van der Waals surface area contributed by atoms with Crippen LogP contribution in [0.1, 0.15) is 12.5 Å². The Morgan fingerprint density at radius 1 is 1.40 bits per heavy atom. The molecule has 0 aliphatic carbocycles. The van der Waals surface area contributed by atoms with Crippen molar-refractivity contribution in [2.75, 3.05) is 0 Å². The van der Waals surface area contributed by atoms with E-state index in [1.165, 1.54) is 5.39 Å². The molecule has 0 bridgehead atoms. The van der Waals surface area contributed by atoms with Crippen molar-refractivity contribution in [3.63, 3.8) is 0 Å².